The van der Waals surface area contributed by atoms with Gasteiger partial charge in [0.2, 0.25) is 0 Å². The molecule has 2 saturated heterocycles. The van der Waals surface area contributed by atoms with Gasteiger partial charge in [0.1, 0.15) is 11.3 Å². The molecule has 2 atom stereocenters. The molecule has 0 spiro atoms. The van der Waals surface area contributed by atoms with E-state index < -0.39 is 10.6 Å². The Bertz CT molecular complexity index is 338. The van der Waals surface area contributed by atoms with Gasteiger partial charge in [-0.1, -0.05) is 0 Å². The number of nitro groups is 1. The lowest BCUT2D eigenvalue weighted by atomic mass is 9.68. The van der Waals surface area contributed by atoms with Gasteiger partial charge in [-0.05, 0) is 39.5 Å². The number of hydrogen-bond donors (Lipinski definition) is 0. The number of fused-ring (bicyclic) bond motifs is 3. The monoisotopic (exact) mass is 212 g/mol. The van der Waals surface area contributed by atoms with Crippen molar-refractivity contribution in [3.8, 4) is 0 Å². The van der Waals surface area contributed by atoms with E-state index in [-0.39, 0.29) is 5.60 Å². The van der Waals surface area contributed by atoms with Gasteiger partial charge in [-0.3, -0.25) is 0 Å². The number of rotatable bonds is 1. The van der Waals surface area contributed by atoms with E-state index >= 15 is 0 Å². The molecule has 2 bridgehead atoms. The molecule has 0 N–H and O–H groups in total. The first-order valence-corrected chi connectivity index (χ1v) is 5.26. The minimum absolute atomic E-state index is 0.178. The first-order chi connectivity index (χ1) is 6.83. The van der Waals surface area contributed by atoms with E-state index in [1.807, 2.05) is 6.92 Å². The number of hydrogen-bond acceptors (Lipinski definition) is 3. The maximum absolute atomic E-state index is 10.4. The van der Waals surface area contributed by atoms with E-state index in [9.17, 15) is 10.1 Å². The predicted molar refractivity (Wildman–Crippen MR) is 55.3 cm³/mol. The van der Waals surface area contributed by atoms with Crippen molar-refractivity contribution < 1.29 is 9.77 Å². The van der Waals surface area contributed by atoms with Gasteiger partial charge >= 0.3 is 0 Å². The minimum atomic E-state index is -0.613. The van der Waals surface area contributed by atoms with Crippen LogP contribution in [0.25, 0.3) is 0 Å². The average molecular weight is 212 g/mol. The largest absolute Gasteiger partial charge is 0.363 e. The SMILES string of the molecule is CC12CCC(C/C1=N\[N+](=O)[O-])C(C)(C)O2. The zero-order valence-electron chi connectivity index (χ0n) is 9.32. The van der Waals surface area contributed by atoms with Gasteiger partial charge in [-0.2, -0.15) is 0 Å². The van der Waals surface area contributed by atoms with Crippen LogP contribution in [-0.2, 0) is 4.74 Å². The summed E-state index contributed by atoms with van der Waals surface area (Å²) in [6, 6.07) is 0. The standard InChI is InChI=1S/C10H16N2O3/c1-9(2)7-4-5-10(3,15-9)8(6-7)11-12(13)14/h7H,4-6H2,1-3H3/b11-8+. The Morgan fingerprint density at radius 1 is 1.53 bits per heavy atom. The van der Waals surface area contributed by atoms with Crippen LogP contribution < -0.4 is 0 Å². The first kappa shape index (κ1) is 10.5. The molecule has 15 heavy (non-hydrogen) atoms. The Labute approximate surface area is 88.6 Å². The third kappa shape index (κ3) is 1.65. The molecule has 1 saturated carbocycles. The van der Waals surface area contributed by atoms with E-state index in [2.05, 4.69) is 18.9 Å². The Hall–Kier alpha value is -0.970. The quantitative estimate of drug-likeness (QED) is 0.493. The zero-order valence-corrected chi connectivity index (χ0v) is 9.32. The molecule has 2 aliphatic heterocycles. The Morgan fingerprint density at radius 2 is 2.20 bits per heavy atom. The molecule has 3 fully saturated rings. The Kier molecular flexibility index (Phi) is 2.12. The van der Waals surface area contributed by atoms with Crippen LogP contribution in [0.15, 0.2) is 5.10 Å². The fourth-order valence-corrected chi connectivity index (χ4v) is 2.76. The van der Waals surface area contributed by atoms with E-state index in [4.69, 9.17) is 4.74 Å². The molecule has 0 radical (unpaired) electrons. The molecule has 5 nitrogen and oxygen atoms in total. The summed E-state index contributed by atoms with van der Waals surface area (Å²) in [4.78, 5) is 10.4. The van der Waals surface area contributed by atoms with E-state index in [0.717, 1.165) is 12.8 Å². The van der Waals surface area contributed by atoms with Gasteiger partial charge in [0.15, 0.2) is 5.03 Å². The van der Waals surface area contributed by atoms with Gasteiger partial charge in [0.05, 0.1) is 10.7 Å². The summed E-state index contributed by atoms with van der Waals surface area (Å²) in [7, 11) is 0. The summed E-state index contributed by atoms with van der Waals surface area (Å²) < 4.78 is 5.94. The van der Waals surface area contributed by atoms with Gasteiger partial charge < -0.3 is 4.74 Å². The molecule has 0 aromatic carbocycles. The van der Waals surface area contributed by atoms with Gasteiger partial charge in [-0.25, -0.2) is 10.1 Å². The molecule has 1 aliphatic carbocycles. The van der Waals surface area contributed by atoms with Crippen LogP contribution in [0.5, 0.6) is 0 Å². The Morgan fingerprint density at radius 3 is 2.67 bits per heavy atom. The third-order valence-electron chi connectivity index (χ3n) is 3.69. The molecular formula is C10H16N2O3. The lowest BCUT2D eigenvalue weighted by molar-refractivity contribution is -0.486. The van der Waals surface area contributed by atoms with Crippen molar-refractivity contribution in [1.29, 1.82) is 0 Å². The van der Waals surface area contributed by atoms with E-state index in [0.29, 0.717) is 18.1 Å². The molecule has 84 valence electrons. The number of hydrazone groups is 1. The van der Waals surface area contributed by atoms with Crippen molar-refractivity contribution in [3.05, 3.63) is 10.1 Å². The van der Waals surface area contributed by atoms with Crippen molar-refractivity contribution in [2.24, 2.45) is 11.0 Å². The minimum Gasteiger partial charge on any atom is -0.363 e. The van der Waals surface area contributed by atoms with Crippen LogP contribution in [0, 0.1) is 16.0 Å². The number of ether oxygens (including phenoxy) is 1. The highest BCUT2D eigenvalue weighted by atomic mass is 16.7. The molecule has 2 heterocycles. The fourth-order valence-electron chi connectivity index (χ4n) is 2.76. The van der Waals surface area contributed by atoms with Crippen LogP contribution >= 0.6 is 0 Å². The summed E-state index contributed by atoms with van der Waals surface area (Å²) in [6.07, 6.45) is 2.61. The highest BCUT2D eigenvalue weighted by Crippen LogP contribution is 2.48. The van der Waals surface area contributed by atoms with E-state index in [1.165, 1.54) is 0 Å². The summed E-state index contributed by atoms with van der Waals surface area (Å²) in [5.74, 6) is 0.359. The highest BCUT2D eigenvalue weighted by molar-refractivity contribution is 5.93. The van der Waals surface area contributed by atoms with Gasteiger partial charge in [0, 0.05) is 6.42 Å². The van der Waals surface area contributed by atoms with Gasteiger partial charge in [0.25, 0.3) is 0 Å². The molecule has 2 unspecified atom stereocenters. The van der Waals surface area contributed by atoms with Crippen LogP contribution in [0.4, 0.5) is 0 Å². The van der Waals surface area contributed by atoms with Crippen LogP contribution in [0.3, 0.4) is 0 Å². The third-order valence-corrected chi connectivity index (χ3v) is 3.69. The van der Waals surface area contributed by atoms with Crippen molar-refractivity contribution in [2.45, 2.75) is 51.2 Å². The van der Waals surface area contributed by atoms with Crippen molar-refractivity contribution >= 4 is 5.71 Å². The average Bonchev–Trinajstić information content (AvgIpc) is 2.04. The van der Waals surface area contributed by atoms with Crippen LogP contribution in [0.2, 0.25) is 0 Å². The maximum Gasteiger partial charge on any atom is 0.190 e. The summed E-state index contributed by atoms with van der Waals surface area (Å²) in [5.41, 5.74) is -0.100. The first-order valence-electron chi connectivity index (χ1n) is 5.26. The summed E-state index contributed by atoms with van der Waals surface area (Å²) >= 11 is 0. The summed E-state index contributed by atoms with van der Waals surface area (Å²) in [6.45, 7) is 6.02. The second-order valence-electron chi connectivity index (χ2n) is 5.16. The lowest BCUT2D eigenvalue weighted by Gasteiger charge is -2.53. The predicted octanol–water partition coefficient (Wildman–Crippen LogP) is 1.99. The summed E-state index contributed by atoms with van der Waals surface area (Å²) in [5, 5.41) is 13.3. The molecule has 5 heteroatoms. The molecular weight excluding hydrogens is 196 g/mol. The van der Waals surface area contributed by atoms with Crippen molar-refractivity contribution in [3.63, 3.8) is 0 Å². The lowest BCUT2D eigenvalue weighted by Crippen LogP contribution is -2.59. The Balaban J connectivity index is 2.32. The van der Waals surface area contributed by atoms with Crippen molar-refractivity contribution in [1.82, 2.24) is 0 Å². The molecule has 0 aromatic rings. The normalized spacial score (nSPS) is 40.7. The molecule has 0 amide bonds. The second-order valence-corrected chi connectivity index (χ2v) is 5.16. The second kappa shape index (κ2) is 3.01. The smallest absolute Gasteiger partial charge is 0.190 e. The number of nitrogens with zero attached hydrogens (tertiary/aromatic N) is 2. The maximum atomic E-state index is 10.4. The van der Waals surface area contributed by atoms with Crippen LogP contribution in [-0.4, -0.2) is 21.9 Å². The fraction of sp³-hybridized carbons (Fsp3) is 0.900. The highest BCUT2D eigenvalue weighted by Gasteiger charge is 2.53. The van der Waals surface area contributed by atoms with E-state index in [1.54, 1.807) is 0 Å². The van der Waals surface area contributed by atoms with Crippen molar-refractivity contribution in [2.75, 3.05) is 0 Å². The topological polar surface area (TPSA) is 64.7 Å². The molecule has 3 aliphatic rings. The zero-order chi connectivity index (χ0) is 11.3. The van der Waals surface area contributed by atoms with Crippen LogP contribution in [0.1, 0.15) is 40.0 Å². The van der Waals surface area contributed by atoms with Gasteiger partial charge in [-0.15, -0.1) is 0 Å². The molecule has 3 rings (SSSR count). The molecule has 0 aromatic heterocycles.